The van der Waals surface area contributed by atoms with Crippen LogP contribution in [0.3, 0.4) is 0 Å². The lowest BCUT2D eigenvalue weighted by atomic mass is 10.1. The van der Waals surface area contributed by atoms with Gasteiger partial charge in [-0.2, -0.15) is 13.1 Å². The van der Waals surface area contributed by atoms with Gasteiger partial charge in [-0.1, -0.05) is 75.7 Å². The topological polar surface area (TPSA) is 121 Å². The molecule has 3 heterocycles. The first-order valence-electron chi connectivity index (χ1n) is 13.3. The molecule has 0 unspecified atom stereocenters. The zero-order valence-corrected chi connectivity index (χ0v) is 27.2. The molecule has 0 aliphatic heterocycles. The molecule has 3 rings (SSSR count). The van der Waals surface area contributed by atoms with Crippen LogP contribution in [0.25, 0.3) is 0 Å². The Bertz CT molecular complexity index is 1150. The molecular weight excluding hydrogens is 543 g/mol. The van der Waals surface area contributed by atoms with Crippen LogP contribution in [0.15, 0.2) is 21.0 Å². The van der Waals surface area contributed by atoms with E-state index in [2.05, 4.69) is 47.1 Å². The van der Waals surface area contributed by atoms with Gasteiger partial charge in [0.05, 0.1) is 30.2 Å². The molecule has 0 atom stereocenters. The number of aromatic nitrogens is 2. The maximum Gasteiger partial charge on any atom is 0.256 e. The van der Waals surface area contributed by atoms with Gasteiger partial charge in [-0.3, -0.25) is 0 Å². The van der Waals surface area contributed by atoms with Crippen molar-refractivity contribution in [1.82, 2.24) is 13.1 Å². The molecule has 0 aliphatic rings. The molecule has 3 N–H and O–H groups in total. The molecule has 0 saturated carbocycles. The van der Waals surface area contributed by atoms with Crippen molar-refractivity contribution < 1.29 is 17.9 Å². The molecule has 3 aromatic rings. The van der Waals surface area contributed by atoms with Gasteiger partial charge in [-0.15, -0.1) is 11.3 Å². The van der Waals surface area contributed by atoms with Gasteiger partial charge in [-0.25, -0.2) is 8.42 Å². The van der Waals surface area contributed by atoms with Crippen molar-refractivity contribution in [2.45, 2.75) is 99.3 Å². The molecule has 0 fully saturated rings. The van der Waals surface area contributed by atoms with Crippen LogP contribution in [-0.4, -0.2) is 39.7 Å². The van der Waals surface area contributed by atoms with E-state index in [0.29, 0.717) is 47.8 Å². The van der Waals surface area contributed by atoms with E-state index in [4.69, 9.17) is 4.42 Å². The molecule has 0 aliphatic carbocycles. The van der Waals surface area contributed by atoms with Crippen molar-refractivity contribution in [1.29, 1.82) is 0 Å². The summed E-state index contributed by atoms with van der Waals surface area (Å²) in [5, 5.41) is 16.9. The first-order valence-corrected chi connectivity index (χ1v) is 16.3. The summed E-state index contributed by atoms with van der Waals surface area (Å²) in [5.74, 6) is 1.74. The highest BCUT2D eigenvalue weighted by Crippen LogP contribution is 2.44. The Balaban J connectivity index is 0.00000179. The van der Waals surface area contributed by atoms with E-state index in [1.54, 1.807) is 27.0 Å². The van der Waals surface area contributed by atoms with Gasteiger partial charge in [0.1, 0.15) is 5.76 Å². The van der Waals surface area contributed by atoms with E-state index in [9.17, 15) is 13.5 Å². The Morgan fingerprint density at radius 3 is 2.11 bits per heavy atom. The largest absolute Gasteiger partial charge is 0.504 e. The molecular formula is C26H47N5O4S3. The highest BCUT2D eigenvalue weighted by Gasteiger charge is 2.30. The predicted molar refractivity (Wildman–Crippen MR) is 163 cm³/mol. The first-order chi connectivity index (χ1) is 18.1. The second-order valence-corrected chi connectivity index (χ2v) is 11.8. The number of hydrogen-bond donors (Lipinski definition) is 3. The summed E-state index contributed by atoms with van der Waals surface area (Å²) in [7, 11) is -3.77. The number of aryl methyl sites for hydroxylation is 1. The zero-order chi connectivity index (χ0) is 29.5. The standard InChI is InChI=1S/C19H27N5O4S3.C3H8.2C2H6/c1-6-24(7-2)31(26,27)19-16(25)15(12(5)29-19)21-18-17(22-30-23-18)20-9-14-8-13(10-28-14)11(3)4;1-3-2;2*1-2/h8,10-11,25H,6-7,9H2,1-5H3,(H,20,22)(H,21,23);3H2,1-2H3;2*1-2H3. The van der Waals surface area contributed by atoms with E-state index in [-0.39, 0.29) is 9.96 Å². The highest BCUT2D eigenvalue weighted by atomic mass is 32.2. The van der Waals surface area contributed by atoms with Crippen LogP contribution in [-0.2, 0) is 16.6 Å². The summed E-state index contributed by atoms with van der Waals surface area (Å²) in [5.41, 5.74) is 1.43. The number of thiophene rings is 1. The van der Waals surface area contributed by atoms with Gasteiger partial charge in [0.2, 0.25) is 0 Å². The van der Waals surface area contributed by atoms with Crippen LogP contribution in [0.1, 0.15) is 97.8 Å². The van der Waals surface area contributed by atoms with Crippen LogP contribution in [0.4, 0.5) is 17.3 Å². The molecule has 0 spiro atoms. The van der Waals surface area contributed by atoms with E-state index in [1.807, 2.05) is 33.8 Å². The quantitative estimate of drug-likeness (QED) is 0.216. The smallest absolute Gasteiger partial charge is 0.256 e. The number of hydrogen-bond acceptors (Lipinski definition) is 10. The van der Waals surface area contributed by atoms with Crippen molar-refractivity contribution in [2.24, 2.45) is 0 Å². The normalized spacial score (nSPS) is 10.7. The number of anilines is 3. The lowest BCUT2D eigenvalue weighted by Crippen LogP contribution is -2.30. The predicted octanol–water partition coefficient (Wildman–Crippen LogP) is 8.18. The fourth-order valence-corrected chi connectivity index (χ4v) is 6.57. The summed E-state index contributed by atoms with van der Waals surface area (Å²) >= 11 is 2.03. The fourth-order valence-electron chi connectivity index (χ4n) is 2.98. The van der Waals surface area contributed by atoms with Gasteiger partial charge in [0, 0.05) is 18.0 Å². The average Bonchev–Trinajstić information content (AvgIpc) is 3.63. The molecule has 0 radical (unpaired) electrons. The second kappa shape index (κ2) is 18.2. The maximum atomic E-state index is 12.9. The van der Waals surface area contributed by atoms with Crippen LogP contribution in [0, 0.1) is 6.92 Å². The monoisotopic (exact) mass is 589 g/mol. The number of nitrogens with zero attached hydrogens (tertiary/aromatic N) is 3. The number of nitrogens with one attached hydrogen (secondary N) is 2. The van der Waals surface area contributed by atoms with Crippen molar-refractivity contribution in [3.63, 3.8) is 0 Å². The molecule has 38 heavy (non-hydrogen) atoms. The van der Waals surface area contributed by atoms with Crippen molar-refractivity contribution in [2.75, 3.05) is 23.7 Å². The Hall–Kier alpha value is -2.15. The lowest BCUT2D eigenvalue weighted by molar-refractivity contribution is 0.434. The maximum absolute atomic E-state index is 12.9. The summed E-state index contributed by atoms with van der Waals surface area (Å²) in [6, 6.07) is 1.99. The Labute approximate surface area is 238 Å². The molecule has 0 bridgehead atoms. The van der Waals surface area contributed by atoms with E-state index < -0.39 is 10.0 Å². The van der Waals surface area contributed by atoms with Gasteiger partial charge in [0.25, 0.3) is 10.0 Å². The van der Waals surface area contributed by atoms with Crippen LogP contribution in [0.2, 0.25) is 0 Å². The van der Waals surface area contributed by atoms with Crippen molar-refractivity contribution >= 4 is 50.4 Å². The Kier molecular flexibility index (Phi) is 17.2. The SMILES string of the molecule is CC.CC.CCC.CCN(CC)S(=O)(=O)c1sc(C)c(Nc2nsnc2NCc2cc(C(C)C)co2)c1O. The van der Waals surface area contributed by atoms with Gasteiger partial charge in [-0.05, 0) is 24.5 Å². The Morgan fingerprint density at radius 2 is 1.61 bits per heavy atom. The average molecular weight is 590 g/mol. The fraction of sp³-hybridized carbons (Fsp3) is 0.615. The van der Waals surface area contributed by atoms with Gasteiger partial charge in [0.15, 0.2) is 21.6 Å². The number of rotatable bonds is 10. The van der Waals surface area contributed by atoms with E-state index in [1.165, 1.54) is 10.7 Å². The molecule has 3 aromatic heterocycles. The Morgan fingerprint density at radius 1 is 1.05 bits per heavy atom. The van der Waals surface area contributed by atoms with Crippen molar-refractivity contribution in [3.8, 4) is 5.75 Å². The minimum absolute atomic E-state index is 0.0781. The zero-order valence-electron chi connectivity index (χ0n) is 24.8. The third kappa shape index (κ3) is 9.55. The minimum Gasteiger partial charge on any atom is -0.504 e. The summed E-state index contributed by atoms with van der Waals surface area (Å²) in [6.45, 7) is 22.8. The van der Waals surface area contributed by atoms with Crippen LogP contribution < -0.4 is 10.6 Å². The van der Waals surface area contributed by atoms with Gasteiger partial charge < -0.3 is 20.2 Å². The third-order valence-corrected chi connectivity index (χ3v) is 8.97. The van der Waals surface area contributed by atoms with E-state index >= 15 is 0 Å². The molecule has 9 nitrogen and oxygen atoms in total. The minimum atomic E-state index is -3.77. The summed E-state index contributed by atoms with van der Waals surface area (Å²) in [4.78, 5) is 0.634. The molecule has 218 valence electrons. The van der Waals surface area contributed by atoms with Crippen LogP contribution in [0.5, 0.6) is 5.75 Å². The summed E-state index contributed by atoms with van der Waals surface area (Å²) < 4.78 is 41.0. The number of furan rings is 1. The van der Waals surface area contributed by atoms with Gasteiger partial charge >= 0.3 is 0 Å². The van der Waals surface area contributed by atoms with Crippen LogP contribution >= 0.6 is 23.1 Å². The second-order valence-electron chi connectivity index (χ2n) is 7.91. The lowest BCUT2D eigenvalue weighted by Gasteiger charge is -2.17. The molecule has 12 heteroatoms. The number of sulfonamides is 1. The third-order valence-electron chi connectivity index (χ3n) is 4.81. The number of aromatic hydroxyl groups is 1. The van der Waals surface area contributed by atoms with Crippen molar-refractivity contribution in [3.05, 3.63) is 28.5 Å². The molecule has 0 aromatic carbocycles. The van der Waals surface area contributed by atoms with E-state index in [0.717, 1.165) is 34.4 Å². The summed E-state index contributed by atoms with van der Waals surface area (Å²) in [6.07, 6.45) is 2.99. The first kappa shape index (κ1) is 35.9. The highest BCUT2D eigenvalue weighted by molar-refractivity contribution is 7.91. The molecule has 0 saturated heterocycles. The molecule has 0 amide bonds.